The fourth-order valence-electron chi connectivity index (χ4n) is 3.09. The number of amides is 2. The molecule has 1 fully saturated rings. The van der Waals surface area contributed by atoms with Crippen LogP contribution in [-0.4, -0.2) is 46.0 Å². The van der Waals surface area contributed by atoms with E-state index in [1.165, 1.54) is 11.3 Å². The van der Waals surface area contributed by atoms with E-state index in [1.807, 2.05) is 13.0 Å². The number of H-pyrrole nitrogens is 1. The first-order valence-electron chi connectivity index (χ1n) is 7.97. The Bertz CT molecular complexity index is 712. The zero-order valence-electron chi connectivity index (χ0n) is 13.5. The molecule has 0 unspecified atom stereocenters. The van der Waals surface area contributed by atoms with Gasteiger partial charge in [0.1, 0.15) is 5.00 Å². The number of hydrogen-bond donors (Lipinski definition) is 3. The molecule has 3 heterocycles. The summed E-state index contributed by atoms with van der Waals surface area (Å²) >= 11 is 1.30. The van der Waals surface area contributed by atoms with Crippen LogP contribution in [0, 0.1) is 0 Å². The number of piperidine rings is 1. The zero-order chi connectivity index (χ0) is 17.1. The van der Waals surface area contributed by atoms with E-state index in [0.29, 0.717) is 16.5 Å². The zero-order valence-corrected chi connectivity index (χ0v) is 14.3. The Hall–Kier alpha value is -2.19. The van der Waals surface area contributed by atoms with Gasteiger partial charge >= 0.3 is 0 Å². The standard InChI is InChI=1S/C16H21N5O2S/c1-10(15(23)19-16-12(14(17)22)5-8-24-16)21-7-2-3-11(9-21)13-4-6-18-20-13/h4-6,8,10-11H,2-3,7,9H2,1H3,(H2,17,22)(H,18,20)(H,19,23)/t10-,11+/m1/s1. The van der Waals surface area contributed by atoms with Crippen molar-refractivity contribution in [2.24, 2.45) is 5.73 Å². The average molecular weight is 347 g/mol. The van der Waals surface area contributed by atoms with Gasteiger partial charge in [-0.1, -0.05) is 0 Å². The quantitative estimate of drug-likeness (QED) is 0.767. The molecule has 1 aliphatic rings. The van der Waals surface area contributed by atoms with Crippen molar-refractivity contribution in [3.05, 3.63) is 35.0 Å². The molecule has 0 bridgehead atoms. The van der Waals surface area contributed by atoms with Crippen LogP contribution in [0.25, 0.3) is 0 Å². The molecule has 0 spiro atoms. The fourth-order valence-corrected chi connectivity index (χ4v) is 3.88. The molecule has 4 N–H and O–H groups in total. The lowest BCUT2D eigenvalue weighted by Crippen LogP contribution is -2.46. The monoisotopic (exact) mass is 347 g/mol. The van der Waals surface area contributed by atoms with Crippen LogP contribution in [-0.2, 0) is 4.79 Å². The third-order valence-electron chi connectivity index (χ3n) is 4.51. The maximum Gasteiger partial charge on any atom is 0.251 e. The normalized spacial score (nSPS) is 19.8. The maximum absolute atomic E-state index is 12.6. The third kappa shape index (κ3) is 3.49. The number of hydrogen-bond acceptors (Lipinski definition) is 5. The second-order valence-corrected chi connectivity index (χ2v) is 6.96. The number of thiophene rings is 1. The number of aromatic nitrogens is 2. The Kier molecular flexibility index (Phi) is 4.96. The van der Waals surface area contributed by atoms with E-state index in [-0.39, 0.29) is 11.9 Å². The molecule has 1 saturated heterocycles. The van der Waals surface area contributed by atoms with Crippen LogP contribution in [0.4, 0.5) is 5.00 Å². The van der Waals surface area contributed by atoms with E-state index in [9.17, 15) is 9.59 Å². The number of carbonyl (C=O) groups is 2. The molecule has 2 aromatic heterocycles. The van der Waals surface area contributed by atoms with Gasteiger partial charge in [-0.05, 0) is 43.8 Å². The third-order valence-corrected chi connectivity index (χ3v) is 5.34. The predicted molar refractivity (Wildman–Crippen MR) is 93.1 cm³/mol. The second-order valence-electron chi connectivity index (χ2n) is 6.04. The lowest BCUT2D eigenvalue weighted by molar-refractivity contribution is -0.121. The lowest BCUT2D eigenvalue weighted by Gasteiger charge is -2.35. The highest BCUT2D eigenvalue weighted by atomic mass is 32.1. The molecule has 0 aliphatic carbocycles. The van der Waals surface area contributed by atoms with Crippen molar-refractivity contribution in [2.75, 3.05) is 18.4 Å². The second kappa shape index (κ2) is 7.14. The molecule has 0 saturated carbocycles. The maximum atomic E-state index is 12.6. The molecule has 2 amide bonds. The largest absolute Gasteiger partial charge is 0.366 e. The first-order chi connectivity index (χ1) is 11.6. The van der Waals surface area contributed by atoms with Gasteiger partial charge in [0.05, 0.1) is 11.6 Å². The van der Waals surface area contributed by atoms with Crippen molar-refractivity contribution in [2.45, 2.75) is 31.7 Å². The number of rotatable bonds is 5. The molecule has 0 aromatic carbocycles. The van der Waals surface area contributed by atoms with Gasteiger partial charge in [0.15, 0.2) is 0 Å². The number of nitrogens with zero attached hydrogens (tertiary/aromatic N) is 2. The summed E-state index contributed by atoms with van der Waals surface area (Å²) in [5.41, 5.74) is 6.79. The van der Waals surface area contributed by atoms with Gasteiger partial charge in [0.25, 0.3) is 5.91 Å². The molecule has 7 nitrogen and oxygen atoms in total. The van der Waals surface area contributed by atoms with Gasteiger partial charge in [-0.15, -0.1) is 11.3 Å². The SMILES string of the molecule is C[C@H](C(=O)Nc1sccc1C(N)=O)N1CCC[C@H](c2ccn[nH]2)C1. The minimum atomic E-state index is -0.531. The van der Waals surface area contributed by atoms with Gasteiger partial charge in [-0.25, -0.2) is 0 Å². The number of nitrogens with two attached hydrogens (primary N) is 1. The Morgan fingerprint density at radius 3 is 3.04 bits per heavy atom. The van der Waals surface area contributed by atoms with Crippen LogP contribution in [0.5, 0.6) is 0 Å². The van der Waals surface area contributed by atoms with E-state index in [1.54, 1.807) is 17.6 Å². The highest BCUT2D eigenvalue weighted by Gasteiger charge is 2.29. The minimum absolute atomic E-state index is 0.120. The summed E-state index contributed by atoms with van der Waals surface area (Å²) in [4.78, 5) is 26.1. The Morgan fingerprint density at radius 1 is 1.50 bits per heavy atom. The van der Waals surface area contributed by atoms with E-state index in [0.717, 1.165) is 31.6 Å². The highest BCUT2D eigenvalue weighted by molar-refractivity contribution is 7.14. The van der Waals surface area contributed by atoms with Crippen molar-refractivity contribution in [3.8, 4) is 0 Å². The van der Waals surface area contributed by atoms with Crippen molar-refractivity contribution in [1.82, 2.24) is 15.1 Å². The summed E-state index contributed by atoms with van der Waals surface area (Å²) in [5, 5.41) is 12.1. The molecule has 2 aromatic rings. The van der Waals surface area contributed by atoms with Crippen LogP contribution >= 0.6 is 11.3 Å². The molecule has 2 atom stereocenters. The molecule has 24 heavy (non-hydrogen) atoms. The van der Waals surface area contributed by atoms with E-state index < -0.39 is 5.91 Å². The molecule has 0 radical (unpaired) electrons. The molecule has 3 rings (SSSR count). The number of nitrogens with one attached hydrogen (secondary N) is 2. The smallest absolute Gasteiger partial charge is 0.251 e. The van der Waals surface area contributed by atoms with Crippen LogP contribution in [0.2, 0.25) is 0 Å². The van der Waals surface area contributed by atoms with Gasteiger partial charge < -0.3 is 11.1 Å². The Morgan fingerprint density at radius 2 is 2.33 bits per heavy atom. The van der Waals surface area contributed by atoms with Crippen LogP contribution in [0.3, 0.4) is 0 Å². The summed E-state index contributed by atoms with van der Waals surface area (Å²) in [7, 11) is 0. The topological polar surface area (TPSA) is 104 Å². The Balaban J connectivity index is 1.64. The van der Waals surface area contributed by atoms with Crippen LogP contribution < -0.4 is 11.1 Å². The van der Waals surface area contributed by atoms with Crippen molar-refractivity contribution in [3.63, 3.8) is 0 Å². The molecular formula is C16H21N5O2S. The molecular weight excluding hydrogens is 326 g/mol. The van der Waals surface area contributed by atoms with Crippen molar-refractivity contribution in [1.29, 1.82) is 0 Å². The van der Waals surface area contributed by atoms with Crippen LogP contribution in [0.1, 0.15) is 41.7 Å². The first-order valence-corrected chi connectivity index (χ1v) is 8.85. The van der Waals surface area contributed by atoms with Gasteiger partial charge in [-0.2, -0.15) is 5.10 Å². The summed E-state index contributed by atoms with van der Waals surface area (Å²) < 4.78 is 0. The number of carbonyl (C=O) groups excluding carboxylic acids is 2. The van der Waals surface area contributed by atoms with E-state index in [4.69, 9.17) is 5.73 Å². The number of primary amides is 1. The Labute approximate surface area is 144 Å². The van der Waals surface area contributed by atoms with E-state index >= 15 is 0 Å². The highest BCUT2D eigenvalue weighted by Crippen LogP contribution is 2.27. The van der Waals surface area contributed by atoms with Gasteiger partial charge in [0, 0.05) is 24.4 Å². The number of aromatic amines is 1. The fraction of sp³-hybridized carbons (Fsp3) is 0.438. The molecule has 128 valence electrons. The predicted octanol–water partition coefficient (Wildman–Crippen LogP) is 1.78. The van der Waals surface area contributed by atoms with Crippen molar-refractivity contribution >= 4 is 28.2 Å². The molecule has 1 aliphatic heterocycles. The minimum Gasteiger partial charge on any atom is -0.366 e. The van der Waals surface area contributed by atoms with Crippen LogP contribution in [0.15, 0.2) is 23.7 Å². The molecule has 8 heteroatoms. The van der Waals surface area contributed by atoms with E-state index in [2.05, 4.69) is 20.4 Å². The number of likely N-dealkylation sites (tertiary alicyclic amines) is 1. The lowest BCUT2D eigenvalue weighted by atomic mass is 9.94. The average Bonchev–Trinajstić information content (AvgIpc) is 3.25. The van der Waals surface area contributed by atoms with Crippen molar-refractivity contribution < 1.29 is 9.59 Å². The summed E-state index contributed by atoms with van der Waals surface area (Å²) in [6.45, 7) is 3.58. The summed E-state index contributed by atoms with van der Waals surface area (Å²) in [6.07, 6.45) is 3.88. The first kappa shape index (κ1) is 16.7. The van der Waals surface area contributed by atoms with Gasteiger partial charge in [-0.3, -0.25) is 19.6 Å². The summed E-state index contributed by atoms with van der Waals surface area (Å²) in [6, 6.07) is 3.34. The number of anilines is 1. The van der Waals surface area contributed by atoms with Gasteiger partial charge in [0.2, 0.25) is 5.91 Å². The summed E-state index contributed by atoms with van der Waals surface area (Å²) in [5.74, 6) is -0.291.